The van der Waals surface area contributed by atoms with E-state index in [-0.39, 0.29) is 23.1 Å². The van der Waals surface area contributed by atoms with Crippen LogP contribution in [0.15, 0.2) is 18.3 Å². The monoisotopic (exact) mass is 261 g/mol. The van der Waals surface area contributed by atoms with Crippen LogP contribution in [0.1, 0.15) is 34.7 Å². The molecular weight excluding hydrogens is 246 g/mol. The molecule has 0 radical (unpaired) electrons. The molecule has 0 aliphatic heterocycles. The maximum absolute atomic E-state index is 12.1. The lowest BCUT2D eigenvalue weighted by atomic mass is 10.2. The van der Waals surface area contributed by atoms with Crippen LogP contribution < -0.4 is 0 Å². The first-order valence-electron chi connectivity index (χ1n) is 5.87. The SMILES string of the molecule is CCN(CC(C)C#N)C(=O)c1ccc(C(=O)O)cn1. The summed E-state index contributed by atoms with van der Waals surface area (Å²) in [6.07, 6.45) is 1.15. The normalized spacial score (nSPS) is 11.4. The Kier molecular flexibility index (Phi) is 5.01. The zero-order valence-electron chi connectivity index (χ0n) is 10.8. The molecule has 1 aromatic rings. The van der Waals surface area contributed by atoms with Crippen molar-refractivity contribution in [1.29, 1.82) is 5.26 Å². The molecule has 0 aliphatic rings. The number of aromatic nitrogens is 1. The molecule has 0 aliphatic carbocycles. The van der Waals surface area contributed by atoms with Crippen LogP contribution in [-0.4, -0.2) is 40.0 Å². The summed E-state index contributed by atoms with van der Waals surface area (Å²) < 4.78 is 0. The zero-order chi connectivity index (χ0) is 14.4. The van der Waals surface area contributed by atoms with Crippen molar-refractivity contribution in [2.45, 2.75) is 13.8 Å². The number of nitriles is 1. The number of carbonyl (C=O) groups excluding carboxylic acids is 1. The molecule has 1 rings (SSSR count). The predicted octanol–water partition coefficient (Wildman–Crippen LogP) is 1.40. The van der Waals surface area contributed by atoms with E-state index in [1.807, 2.05) is 6.92 Å². The standard InChI is InChI=1S/C13H15N3O3/c1-3-16(8-9(2)6-14)12(17)11-5-4-10(7-15-11)13(18)19/h4-5,7,9H,3,8H2,1-2H3,(H,18,19). The first-order valence-corrected chi connectivity index (χ1v) is 5.87. The number of rotatable bonds is 5. The zero-order valence-corrected chi connectivity index (χ0v) is 10.8. The molecule has 0 saturated heterocycles. The van der Waals surface area contributed by atoms with Crippen molar-refractivity contribution in [3.05, 3.63) is 29.6 Å². The Bertz CT molecular complexity index is 505. The number of carboxylic acid groups (broad SMARTS) is 1. The third-order valence-corrected chi connectivity index (χ3v) is 2.61. The second kappa shape index (κ2) is 6.50. The average Bonchev–Trinajstić information content (AvgIpc) is 2.43. The first-order chi connectivity index (χ1) is 8.99. The molecule has 6 nitrogen and oxygen atoms in total. The Labute approximate surface area is 111 Å². The van der Waals surface area contributed by atoms with Gasteiger partial charge in [0.2, 0.25) is 0 Å². The van der Waals surface area contributed by atoms with E-state index in [4.69, 9.17) is 10.4 Å². The minimum atomic E-state index is -1.09. The molecular formula is C13H15N3O3. The number of carbonyl (C=O) groups is 2. The van der Waals surface area contributed by atoms with E-state index in [0.29, 0.717) is 13.1 Å². The van der Waals surface area contributed by atoms with Gasteiger partial charge in [-0.15, -0.1) is 0 Å². The number of hydrogen-bond donors (Lipinski definition) is 1. The molecule has 6 heteroatoms. The fourth-order valence-electron chi connectivity index (χ4n) is 1.54. The van der Waals surface area contributed by atoms with Gasteiger partial charge in [-0.3, -0.25) is 9.78 Å². The molecule has 1 heterocycles. The summed E-state index contributed by atoms with van der Waals surface area (Å²) in [5.41, 5.74) is 0.210. The van der Waals surface area contributed by atoms with E-state index in [0.717, 1.165) is 6.20 Å². The Hall–Kier alpha value is -2.42. The van der Waals surface area contributed by atoms with E-state index in [1.54, 1.807) is 6.92 Å². The van der Waals surface area contributed by atoms with Gasteiger partial charge in [-0.05, 0) is 26.0 Å². The molecule has 1 amide bonds. The van der Waals surface area contributed by atoms with Gasteiger partial charge in [-0.2, -0.15) is 5.26 Å². The fraction of sp³-hybridized carbons (Fsp3) is 0.385. The van der Waals surface area contributed by atoms with Crippen LogP contribution in [0.25, 0.3) is 0 Å². The average molecular weight is 261 g/mol. The molecule has 0 fully saturated rings. The van der Waals surface area contributed by atoms with Gasteiger partial charge in [0, 0.05) is 19.3 Å². The highest BCUT2D eigenvalue weighted by molar-refractivity contribution is 5.93. The summed E-state index contributed by atoms with van der Waals surface area (Å²) in [7, 11) is 0. The predicted molar refractivity (Wildman–Crippen MR) is 67.6 cm³/mol. The van der Waals surface area contributed by atoms with Crippen molar-refractivity contribution in [2.75, 3.05) is 13.1 Å². The molecule has 1 unspecified atom stereocenters. The highest BCUT2D eigenvalue weighted by Crippen LogP contribution is 2.07. The van der Waals surface area contributed by atoms with Crippen molar-refractivity contribution >= 4 is 11.9 Å². The Morgan fingerprint density at radius 3 is 2.63 bits per heavy atom. The van der Waals surface area contributed by atoms with Gasteiger partial charge in [-0.1, -0.05) is 0 Å². The molecule has 0 spiro atoms. The number of aromatic carboxylic acids is 1. The summed E-state index contributed by atoms with van der Waals surface area (Å²) in [6.45, 7) is 4.34. The van der Waals surface area contributed by atoms with E-state index in [9.17, 15) is 9.59 Å². The van der Waals surface area contributed by atoms with Gasteiger partial charge in [0.05, 0.1) is 17.6 Å². The third-order valence-electron chi connectivity index (χ3n) is 2.61. The molecule has 1 atom stereocenters. The lowest BCUT2D eigenvalue weighted by Crippen LogP contribution is -2.34. The second-order valence-corrected chi connectivity index (χ2v) is 4.11. The molecule has 1 N–H and O–H groups in total. The quantitative estimate of drug-likeness (QED) is 0.864. The topological polar surface area (TPSA) is 94.3 Å². The third kappa shape index (κ3) is 3.78. The second-order valence-electron chi connectivity index (χ2n) is 4.11. The number of hydrogen-bond acceptors (Lipinski definition) is 4. The Morgan fingerprint density at radius 1 is 1.53 bits per heavy atom. The van der Waals surface area contributed by atoms with Gasteiger partial charge < -0.3 is 10.0 Å². The highest BCUT2D eigenvalue weighted by atomic mass is 16.4. The molecule has 1 aromatic heterocycles. The molecule has 19 heavy (non-hydrogen) atoms. The number of nitrogens with zero attached hydrogens (tertiary/aromatic N) is 3. The summed E-state index contributed by atoms with van der Waals surface area (Å²) in [6, 6.07) is 4.79. The van der Waals surface area contributed by atoms with Crippen LogP contribution in [0.5, 0.6) is 0 Å². The number of amides is 1. The van der Waals surface area contributed by atoms with E-state index < -0.39 is 5.97 Å². The maximum atomic E-state index is 12.1. The van der Waals surface area contributed by atoms with E-state index >= 15 is 0 Å². The van der Waals surface area contributed by atoms with E-state index in [1.165, 1.54) is 17.0 Å². The number of pyridine rings is 1. The largest absolute Gasteiger partial charge is 0.478 e. The lowest BCUT2D eigenvalue weighted by molar-refractivity contribution is 0.0692. The first kappa shape index (κ1) is 14.6. The lowest BCUT2D eigenvalue weighted by Gasteiger charge is -2.21. The van der Waals surface area contributed by atoms with Crippen molar-refractivity contribution in [3.63, 3.8) is 0 Å². The van der Waals surface area contributed by atoms with Gasteiger partial charge in [-0.25, -0.2) is 4.79 Å². The highest BCUT2D eigenvalue weighted by Gasteiger charge is 2.18. The summed E-state index contributed by atoms with van der Waals surface area (Å²) in [4.78, 5) is 28.2. The fourth-order valence-corrected chi connectivity index (χ4v) is 1.54. The number of carboxylic acids is 1. The van der Waals surface area contributed by atoms with Crippen molar-refractivity contribution in [2.24, 2.45) is 5.92 Å². The van der Waals surface area contributed by atoms with Crippen LogP contribution in [0.4, 0.5) is 0 Å². The van der Waals surface area contributed by atoms with Crippen molar-refractivity contribution < 1.29 is 14.7 Å². The van der Waals surface area contributed by atoms with Gasteiger partial charge >= 0.3 is 5.97 Å². The minimum Gasteiger partial charge on any atom is -0.478 e. The van der Waals surface area contributed by atoms with Crippen LogP contribution in [0.3, 0.4) is 0 Å². The molecule has 0 aromatic carbocycles. The van der Waals surface area contributed by atoms with Crippen LogP contribution in [0.2, 0.25) is 0 Å². The van der Waals surface area contributed by atoms with Crippen molar-refractivity contribution in [3.8, 4) is 6.07 Å². The van der Waals surface area contributed by atoms with Gasteiger partial charge in [0.25, 0.3) is 5.91 Å². The smallest absolute Gasteiger partial charge is 0.337 e. The summed E-state index contributed by atoms with van der Waals surface area (Å²) in [5, 5.41) is 17.5. The van der Waals surface area contributed by atoms with E-state index in [2.05, 4.69) is 11.1 Å². The van der Waals surface area contributed by atoms with Crippen molar-refractivity contribution in [1.82, 2.24) is 9.88 Å². The molecule has 0 saturated carbocycles. The van der Waals surface area contributed by atoms with Crippen LogP contribution in [0, 0.1) is 17.2 Å². The Balaban J connectivity index is 2.86. The minimum absolute atomic E-state index is 0.0324. The summed E-state index contributed by atoms with van der Waals surface area (Å²) in [5.74, 6) is -1.65. The van der Waals surface area contributed by atoms with Gasteiger partial charge in [0.1, 0.15) is 5.69 Å². The molecule has 100 valence electrons. The van der Waals surface area contributed by atoms with Crippen LogP contribution >= 0.6 is 0 Å². The molecule has 0 bridgehead atoms. The Morgan fingerprint density at radius 2 is 2.21 bits per heavy atom. The van der Waals surface area contributed by atoms with Crippen LogP contribution in [-0.2, 0) is 0 Å². The maximum Gasteiger partial charge on any atom is 0.337 e. The summed E-state index contributed by atoms with van der Waals surface area (Å²) >= 11 is 0. The van der Waals surface area contributed by atoms with Gasteiger partial charge in [0.15, 0.2) is 0 Å².